The molecule has 3 nitrogen and oxygen atoms in total. The Labute approximate surface area is 120 Å². The first kappa shape index (κ1) is 12.9. The zero-order valence-electron chi connectivity index (χ0n) is 9.91. The Bertz CT molecular complexity index is 596. The third-order valence-electron chi connectivity index (χ3n) is 2.74. The van der Waals surface area contributed by atoms with Crippen LogP contribution in [0.2, 0.25) is 0 Å². The molecular weight excluding hydrogens is 339 g/mol. The third kappa shape index (κ3) is 2.64. The Kier molecular flexibility index (Phi) is 3.86. The Morgan fingerprint density at radius 3 is 2.61 bits per heavy atom. The molecule has 0 atom stereocenters. The van der Waals surface area contributed by atoms with Crippen LogP contribution in [0.1, 0.15) is 15.9 Å². The van der Waals surface area contributed by atoms with E-state index in [0.29, 0.717) is 11.3 Å². The van der Waals surface area contributed by atoms with E-state index in [-0.39, 0.29) is 5.91 Å². The molecule has 3 N–H and O–H groups in total. The van der Waals surface area contributed by atoms with Crippen LogP contribution in [-0.4, -0.2) is 5.91 Å². The maximum atomic E-state index is 12.1. The van der Waals surface area contributed by atoms with Crippen LogP contribution in [0.4, 0.5) is 11.4 Å². The maximum Gasteiger partial charge on any atom is 0.256 e. The van der Waals surface area contributed by atoms with E-state index < -0.39 is 0 Å². The summed E-state index contributed by atoms with van der Waals surface area (Å²) in [5, 5.41) is 2.88. The number of nitrogen functional groups attached to an aromatic ring is 1. The van der Waals surface area contributed by atoms with Gasteiger partial charge in [0, 0.05) is 14.9 Å². The van der Waals surface area contributed by atoms with Crippen LogP contribution in [0.25, 0.3) is 0 Å². The van der Waals surface area contributed by atoms with Crippen LogP contribution in [0.3, 0.4) is 0 Å². The molecule has 1 amide bonds. The second-order valence-electron chi connectivity index (χ2n) is 3.95. The number of halogens is 1. The zero-order valence-corrected chi connectivity index (χ0v) is 12.1. The van der Waals surface area contributed by atoms with Gasteiger partial charge in [-0.3, -0.25) is 4.79 Å². The molecular formula is C14H13IN2O. The van der Waals surface area contributed by atoms with Gasteiger partial charge in [-0.1, -0.05) is 18.2 Å². The van der Waals surface area contributed by atoms with E-state index in [0.717, 1.165) is 14.8 Å². The summed E-state index contributed by atoms with van der Waals surface area (Å²) >= 11 is 2.15. The van der Waals surface area contributed by atoms with Gasteiger partial charge in [-0.2, -0.15) is 0 Å². The lowest BCUT2D eigenvalue weighted by Gasteiger charge is -2.10. The minimum atomic E-state index is -0.117. The van der Waals surface area contributed by atoms with Crippen molar-refractivity contribution in [1.82, 2.24) is 0 Å². The average Bonchev–Trinajstić information content (AvgIpc) is 2.35. The summed E-state index contributed by atoms with van der Waals surface area (Å²) in [7, 11) is 0. The van der Waals surface area contributed by atoms with Crippen LogP contribution >= 0.6 is 22.6 Å². The molecule has 0 saturated carbocycles. The summed E-state index contributed by atoms with van der Waals surface area (Å²) in [5.74, 6) is -0.117. The van der Waals surface area contributed by atoms with Gasteiger partial charge in [0.15, 0.2) is 0 Å². The van der Waals surface area contributed by atoms with Gasteiger partial charge in [0.05, 0.1) is 5.56 Å². The van der Waals surface area contributed by atoms with Gasteiger partial charge in [-0.25, -0.2) is 0 Å². The molecule has 0 spiro atoms. The van der Waals surface area contributed by atoms with Crippen LogP contribution in [0.5, 0.6) is 0 Å². The van der Waals surface area contributed by atoms with Crippen molar-refractivity contribution in [2.24, 2.45) is 0 Å². The number of carbonyl (C=O) groups excluding carboxylic acids is 1. The number of nitrogens with two attached hydrogens (primary N) is 1. The summed E-state index contributed by atoms with van der Waals surface area (Å²) in [6.45, 7) is 1.89. The smallest absolute Gasteiger partial charge is 0.256 e. The van der Waals surface area contributed by atoms with E-state index in [1.807, 2.05) is 43.3 Å². The normalized spacial score (nSPS) is 10.1. The Morgan fingerprint density at radius 2 is 1.89 bits per heavy atom. The summed E-state index contributed by atoms with van der Waals surface area (Å²) in [4.78, 5) is 12.1. The number of amides is 1. The Balaban J connectivity index is 2.27. The molecule has 0 unspecified atom stereocenters. The molecule has 0 fully saturated rings. The van der Waals surface area contributed by atoms with E-state index >= 15 is 0 Å². The number of hydrogen-bond acceptors (Lipinski definition) is 2. The first-order valence-corrected chi connectivity index (χ1v) is 6.58. The molecule has 2 aromatic carbocycles. The van der Waals surface area contributed by atoms with Crippen molar-refractivity contribution >= 4 is 39.9 Å². The maximum absolute atomic E-state index is 12.1. The van der Waals surface area contributed by atoms with Crippen molar-refractivity contribution in [3.63, 3.8) is 0 Å². The highest BCUT2D eigenvalue weighted by Crippen LogP contribution is 2.22. The number of anilines is 2. The first-order valence-electron chi connectivity index (χ1n) is 5.50. The van der Waals surface area contributed by atoms with Gasteiger partial charge in [0.25, 0.3) is 5.91 Å². The topological polar surface area (TPSA) is 55.1 Å². The van der Waals surface area contributed by atoms with Crippen molar-refractivity contribution in [2.45, 2.75) is 6.92 Å². The van der Waals surface area contributed by atoms with E-state index in [1.54, 1.807) is 6.07 Å². The second-order valence-corrected chi connectivity index (χ2v) is 5.12. The first-order chi connectivity index (χ1) is 8.59. The van der Waals surface area contributed by atoms with E-state index in [1.165, 1.54) is 0 Å². The number of hydrogen-bond donors (Lipinski definition) is 2. The minimum Gasteiger partial charge on any atom is -0.398 e. The lowest BCUT2D eigenvalue weighted by molar-refractivity contribution is 0.102. The van der Waals surface area contributed by atoms with Gasteiger partial charge in [0.1, 0.15) is 0 Å². The highest BCUT2D eigenvalue weighted by molar-refractivity contribution is 14.1. The van der Waals surface area contributed by atoms with Crippen molar-refractivity contribution in [2.75, 3.05) is 11.1 Å². The number of rotatable bonds is 2. The summed E-state index contributed by atoms with van der Waals surface area (Å²) in [6, 6.07) is 13.0. The predicted octanol–water partition coefficient (Wildman–Crippen LogP) is 3.43. The highest BCUT2D eigenvalue weighted by atomic mass is 127. The van der Waals surface area contributed by atoms with Gasteiger partial charge < -0.3 is 11.1 Å². The summed E-state index contributed by atoms with van der Waals surface area (Å²) < 4.78 is 0.925. The van der Waals surface area contributed by atoms with Gasteiger partial charge in [-0.15, -0.1) is 0 Å². The van der Waals surface area contributed by atoms with Crippen LogP contribution in [0, 0.1) is 10.5 Å². The molecule has 18 heavy (non-hydrogen) atoms. The fourth-order valence-corrected chi connectivity index (χ4v) is 2.26. The standard InChI is InChI=1S/C14H13IN2O/c1-9-12(16)7-4-8-13(9)17-14(18)10-5-2-3-6-11(10)15/h2-8H,16H2,1H3,(H,17,18). The fourth-order valence-electron chi connectivity index (χ4n) is 1.62. The molecule has 0 aliphatic carbocycles. The number of benzene rings is 2. The molecule has 92 valence electrons. The second kappa shape index (κ2) is 5.39. The van der Waals surface area contributed by atoms with Crippen molar-refractivity contribution in [3.05, 3.63) is 57.2 Å². The van der Waals surface area contributed by atoms with E-state index in [4.69, 9.17) is 5.73 Å². The van der Waals surface area contributed by atoms with Crippen molar-refractivity contribution in [1.29, 1.82) is 0 Å². The zero-order chi connectivity index (χ0) is 13.1. The van der Waals surface area contributed by atoms with Crippen molar-refractivity contribution in [3.8, 4) is 0 Å². The van der Waals surface area contributed by atoms with Crippen LogP contribution < -0.4 is 11.1 Å². The lowest BCUT2D eigenvalue weighted by atomic mass is 10.1. The fraction of sp³-hybridized carbons (Fsp3) is 0.0714. The van der Waals surface area contributed by atoms with Gasteiger partial charge in [0.2, 0.25) is 0 Å². The third-order valence-corrected chi connectivity index (χ3v) is 3.68. The minimum absolute atomic E-state index is 0.117. The Hall–Kier alpha value is -1.56. The molecule has 0 saturated heterocycles. The molecule has 2 rings (SSSR count). The summed E-state index contributed by atoms with van der Waals surface area (Å²) in [5.41, 5.74) is 8.79. The monoisotopic (exact) mass is 352 g/mol. The molecule has 0 aliphatic rings. The molecule has 0 aliphatic heterocycles. The van der Waals surface area contributed by atoms with E-state index in [9.17, 15) is 4.79 Å². The molecule has 4 heteroatoms. The molecule has 0 radical (unpaired) electrons. The Morgan fingerprint density at radius 1 is 1.17 bits per heavy atom. The van der Waals surface area contributed by atoms with E-state index in [2.05, 4.69) is 27.9 Å². The van der Waals surface area contributed by atoms with Crippen LogP contribution in [-0.2, 0) is 0 Å². The predicted molar refractivity (Wildman–Crippen MR) is 82.7 cm³/mol. The quantitative estimate of drug-likeness (QED) is 0.643. The average molecular weight is 352 g/mol. The molecule has 0 heterocycles. The molecule has 0 aromatic heterocycles. The lowest BCUT2D eigenvalue weighted by Crippen LogP contribution is -2.14. The molecule has 0 bridgehead atoms. The van der Waals surface area contributed by atoms with Crippen LogP contribution in [0.15, 0.2) is 42.5 Å². The van der Waals surface area contributed by atoms with Gasteiger partial charge in [-0.05, 0) is 59.3 Å². The molecule has 2 aromatic rings. The summed E-state index contributed by atoms with van der Waals surface area (Å²) in [6.07, 6.45) is 0. The highest BCUT2D eigenvalue weighted by Gasteiger charge is 2.11. The number of carbonyl (C=O) groups is 1. The van der Waals surface area contributed by atoms with Crippen molar-refractivity contribution < 1.29 is 4.79 Å². The number of nitrogens with one attached hydrogen (secondary N) is 1. The largest absolute Gasteiger partial charge is 0.398 e. The SMILES string of the molecule is Cc1c(N)cccc1NC(=O)c1ccccc1I. The van der Waals surface area contributed by atoms with Gasteiger partial charge >= 0.3 is 0 Å².